The molecular formula is C24H32N4O6. The first kappa shape index (κ1) is 24.0. The smallest absolute Gasteiger partial charge is 0.290 e. The molecule has 0 bridgehead atoms. The molecule has 3 aliphatic rings. The maximum absolute atomic E-state index is 12.6. The molecule has 1 aromatic heterocycles. The summed E-state index contributed by atoms with van der Waals surface area (Å²) in [7, 11) is 1.65. The highest BCUT2D eigenvalue weighted by Gasteiger charge is 2.34. The van der Waals surface area contributed by atoms with E-state index in [1.807, 2.05) is 29.1 Å². The van der Waals surface area contributed by atoms with Gasteiger partial charge in [0.05, 0.1) is 26.5 Å². The number of morpholine rings is 1. The third kappa shape index (κ3) is 5.68. The summed E-state index contributed by atoms with van der Waals surface area (Å²) in [5.74, 6) is 2.82. The molecule has 2 fully saturated rings. The van der Waals surface area contributed by atoms with E-state index in [-0.39, 0.29) is 18.3 Å². The lowest BCUT2D eigenvalue weighted by molar-refractivity contribution is -0.123. The first-order chi connectivity index (χ1) is 16.6. The van der Waals surface area contributed by atoms with E-state index in [1.54, 1.807) is 7.11 Å². The molecule has 10 heteroatoms. The van der Waals surface area contributed by atoms with Gasteiger partial charge in [-0.05, 0) is 24.8 Å². The number of carboxylic acid groups (broad SMARTS) is 1. The van der Waals surface area contributed by atoms with Crippen LogP contribution in [0.4, 0.5) is 5.82 Å². The summed E-state index contributed by atoms with van der Waals surface area (Å²) < 4.78 is 19.3. The molecule has 1 aliphatic carbocycles. The normalized spacial score (nSPS) is 19.9. The van der Waals surface area contributed by atoms with Gasteiger partial charge < -0.3 is 24.6 Å². The van der Waals surface area contributed by atoms with Crippen LogP contribution in [0.5, 0.6) is 11.5 Å². The van der Waals surface area contributed by atoms with Crippen molar-refractivity contribution in [3.05, 3.63) is 35.5 Å². The molecule has 10 nitrogen and oxygen atoms in total. The molecule has 2 N–H and O–H groups in total. The molecule has 1 amide bonds. The highest BCUT2D eigenvalue weighted by Crippen LogP contribution is 2.44. The summed E-state index contributed by atoms with van der Waals surface area (Å²) in [5, 5.41) is 14.5. The van der Waals surface area contributed by atoms with Crippen LogP contribution in [0.3, 0.4) is 0 Å². The second-order valence-electron chi connectivity index (χ2n) is 8.67. The summed E-state index contributed by atoms with van der Waals surface area (Å²) in [5.41, 5.74) is 2.02. The molecule has 1 saturated carbocycles. The Labute approximate surface area is 198 Å². The van der Waals surface area contributed by atoms with Gasteiger partial charge >= 0.3 is 0 Å². The molecule has 2 aliphatic heterocycles. The van der Waals surface area contributed by atoms with Crippen LogP contribution in [0.1, 0.15) is 36.3 Å². The summed E-state index contributed by atoms with van der Waals surface area (Å²) in [6, 6.07) is 5.91. The van der Waals surface area contributed by atoms with E-state index < -0.39 is 0 Å². The van der Waals surface area contributed by atoms with E-state index in [4.69, 9.17) is 24.1 Å². The maximum Gasteiger partial charge on any atom is 0.290 e. The first-order valence-corrected chi connectivity index (χ1v) is 11.7. The van der Waals surface area contributed by atoms with Gasteiger partial charge in [0, 0.05) is 49.6 Å². The molecule has 34 heavy (non-hydrogen) atoms. The number of ether oxygens (including phenoxy) is 3. The van der Waals surface area contributed by atoms with Crippen molar-refractivity contribution < 1.29 is 28.9 Å². The number of para-hydroxylation sites is 1. The van der Waals surface area contributed by atoms with E-state index in [1.165, 1.54) is 12.8 Å². The van der Waals surface area contributed by atoms with E-state index in [2.05, 4.69) is 15.3 Å². The van der Waals surface area contributed by atoms with E-state index in [9.17, 15) is 4.79 Å². The number of methoxy groups -OCH3 is 1. The molecule has 0 spiro atoms. The van der Waals surface area contributed by atoms with Crippen LogP contribution in [-0.4, -0.2) is 78.7 Å². The van der Waals surface area contributed by atoms with Gasteiger partial charge in [-0.3, -0.25) is 14.5 Å². The lowest BCUT2D eigenvalue weighted by Gasteiger charge is -2.28. The van der Waals surface area contributed by atoms with Crippen LogP contribution in [0.2, 0.25) is 0 Å². The van der Waals surface area contributed by atoms with Crippen LogP contribution in [0.25, 0.3) is 0 Å². The van der Waals surface area contributed by atoms with Gasteiger partial charge in [-0.2, -0.15) is 5.10 Å². The Morgan fingerprint density at radius 2 is 2.03 bits per heavy atom. The average molecular weight is 473 g/mol. The van der Waals surface area contributed by atoms with E-state index >= 15 is 0 Å². The Bertz CT molecular complexity index is 984. The topological polar surface area (TPSA) is 115 Å². The molecule has 5 rings (SSSR count). The van der Waals surface area contributed by atoms with Crippen molar-refractivity contribution in [2.24, 2.45) is 5.92 Å². The van der Waals surface area contributed by atoms with Crippen molar-refractivity contribution in [3.63, 3.8) is 0 Å². The van der Waals surface area contributed by atoms with Crippen LogP contribution < -0.4 is 14.8 Å². The highest BCUT2D eigenvalue weighted by molar-refractivity contribution is 5.94. The number of fused-ring (bicyclic) bond motifs is 1. The number of hydrogen-bond donors (Lipinski definition) is 2. The number of carbonyl (C=O) groups is 2. The summed E-state index contributed by atoms with van der Waals surface area (Å²) in [4.78, 5) is 23.3. The zero-order chi connectivity index (χ0) is 23.9. The fourth-order valence-electron chi connectivity index (χ4n) is 4.45. The predicted octanol–water partition coefficient (Wildman–Crippen LogP) is 2.19. The molecule has 1 atom stereocenters. The van der Waals surface area contributed by atoms with Crippen LogP contribution >= 0.6 is 0 Å². The van der Waals surface area contributed by atoms with Gasteiger partial charge in [-0.25, -0.2) is 4.68 Å². The van der Waals surface area contributed by atoms with Crippen molar-refractivity contribution in [1.82, 2.24) is 14.7 Å². The monoisotopic (exact) mass is 472 g/mol. The number of nitrogens with zero attached hydrogens (tertiary/aromatic N) is 3. The molecule has 1 saturated heterocycles. The third-order valence-electron chi connectivity index (χ3n) is 6.38. The second kappa shape index (κ2) is 11.3. The quantitative estimate of drug-likeness (QED) is 0.562. The number of amides is 1. The standard InChI is InChI=1S/C23H30N4O4.CH2O2/c1-29-20-4-2-3-17(22(20)31-12-9-26-7-10-30-11-8-26)18-13-21(28)25-23-19(18)14-24-27(23)15-16-5-6-16;2-1-3/h2-4,14,16,18H,5-13,15H2,1H3,(H,25,28);1H,(H,2,3). The Kier molecular flexibility index (Phi) is 8.02. The van der Waals surface area contributed by atoms with Crippen LogP contribution in [-0.2, 0) is 20.9 Å². The second-order valence-corrected chi connectivity index (χ2v) is 8.67. The first-order valence-electron chi connectivity index (χ1n) is 11.7. The summed E-state index contributed by atoms with van der Waals surface area (Å²) in [6.07, 6.45) is 4.75. The molecule has 2 aromatic rings. The van der Waals surface area contributed by atoms with Crippen LogP contribution in [0, 0.1) is 5.92 Å². The van der Waals surface area contributed by atoms with Crippen molar-refractivity contribution in [1.29, 1.82) is 0 Å². The molecule has 1 aromatic carbocycles. The third-order valence-corrected chi connectivity index (χ3v) is 6.38. The van der Waals surface area contributed by atoms with Gasteiger partial charge in [0.15, 0.2) is 11.5 Å². The summed E-state index contributed by atoms with van der Waals surface area (Å²) in [6.45, 7) is 5.39. The lowest BCUT2D eigenvalue weighted by Crippen LogP contribution is -2.38. The lowest BCUT2D eigenvalue weighted by atomic mass is 9.86. The molecule has 3 heterocycles. The Morgan fingerprint density at radius 1 is 1.26 bits per heavy atom. The minimum Gasteiger partial charge on any atom is -0.493 e. The maximum atomic E-state index is 12.6. The Morgan fingerprint density at radius 3 is 2.74 bits per heavy atom. The molecular weight excluding hydrogens is 440 g/mol. The van der Waals surface area contributed by atoms with Gasteiger partial charge in [0.25, 0.3) is 6.47 Å². The Balaban J connectivity index is 0.000000868. The largest absolute Gasteiger partial charge is 0.493 e. The highest BCUT2D eigenvalue weighted by atomic mass is 16.5. The number of rotatable bonds is 8. The fourth-order valence-corrected chi connectivity index (χ4v) is 4.45. The predicted molar refractivity (Wildman–Crippen MR) is 124 cm³/mol. The van der Waals surface area contributed by atoms with Crippen molar-refractivity contribution in [2.45, 2.75) is 31.7 Å². The number of nitrogens with one attached hydrogen (secondary N) is 1. The van der Waals surface area contributed by atoms with Gasteiger partial charge in [-0.15, -0.1) is 0 Å². The zero-order valence-electron chi connectivity index (χ0n) is 19.4. The van der Waals surface area contributed by atoms with E-state index in [0.717, 1.165) is 62.1 Å². The number of carbonyl (C=O) groups excluding carboxylic acids is 1. The zero-order valence-corrected chi connectivity index (χ0v) is 19.4. The van der Waals surface area contributed by atoms with Crippen molar-refractivity contribution >= 4 is 18.2 Å². The van der Waals surface area contributed by atoms with Crippen molar-refractivity contribution in [2.75, 3.05) is 51.9 Å². The summed E-state index contributed by atoms with van der Waals surface area (Å²) >= 11 is 0. The number of aromatic nitrogens is 2. The molecule has 184 valence electrons. The van der Waals surface area contributed by atoms with Gasteiger partial charge in [0.2, 0.25) is 5.91 Å². The minimum atomic E-state index is -0.250. The Hall–Kier alpha value is -3.11. The fraction of sp³-hybridized carbons (Fsp3) is 0.542. The average Bonchev–Trinajstić information content (AvgIpc) is 3.59. The minimum absolute atomic E-state index is 0.0112. The molecule has 0 radical (unpaired) electrons. The van der Waals surface area contributed by atoms with Gasteiger partial charge in [-0.1, -0.05) is 12.1 Å². The van der Waals surface area contributed by atoms with Crippen molar-refractivity contribution in [3.8, 4) is 11.5 Å². The number of benzene rings is 1. The SMILES string of the molecule is COc1cccc(C2CC(=O)Nc3c2cnn3CC2CC2)c1OCCN1CCOCC1.O=CO. The van der Waals surface area contributed by atoms with Gasteiger partial charge in [0.1, 0.15) is 12.4 Å². The van der Waals surface area contributed by atoms with Crippen LogP contribution in [0.15, 0.2) is 24.4 Å². The number of hydrogen-bond acceptors (Lipinski definition) is 7. The van der Waals surface area contributed by atoms with E-state index in [0.29, 0.717) is 24.7 Å². The number of anilines is 1. The molecule has 1 unspecified atom stereocenters.